The highest BCUT2D eigenvalue weighted by molar-refractivity contribution is 5.95. The molecule has 1 amide bonds. The molecule has 0 unspecified atom stereocenters. The zero-order valence-electron chi connectivity index (χ0n) is 14.5. The molecule has 1 aromatic heterocycles. The molecular weight excluding hydrogens is 320 g/mol. The Morgan fingerprint density at radius 3 is 2.39 bits per heavy atom. The predicted octanol–water partition coefficient (Wildman–Crippen LogP) is 1.91. The summed E-state index contributed by atoms with van der Waals surface area (Å²) in [5, 5.41) is 6.84. The van der Waals surface area contributed by atoms with Crippen LogP contribution in [0.15, 0.2) is 12.4 Å². The van der Waals surface area contributed by atoms with Gasteiger partial charge in [0.15, 0.2) is 5.54 Å². The van der Waals surface area contributed by atoms with Gasteiger partial charge in [0, 0.05) is 6.20 Å². The molecule has 8 heteroatoms. The van der Waals surface area contributed by atoms with E-state index in [0.717, 1.165) is 0 Å². The fourth-order valence-corrected chi connectivity index (χ4v) is 1.71. The van der Waals surface area contributed by atoms with Gasteiger partial charge in [0.2, 0.25) is 5.91 Å². The molecule has 1 atom stereocenters. The summed E-state index contributed by atoms with van der Waals surface area (Å²) in [6.45, 7) is 11.1. The van der Waals surface area contributed by atoms with Crippen LogP contribution >= 0.6 is 12.4 Å². The van der Waals surface area contributed by atoms with Crippen molar-refractivity contribution in [3.8, 4) is 0 Å². The maximum Gasteiger partial charge on any atom is 0.333 e. The molecule has 7 nitrogen and oxygen atoms in total. The van der Waals surface area contributed by atoms with Gasteiger partial charge in [0.25, 0.3) is 0 Å². The van der Waals surface area contributed by atoms with E-state index >= 15 is 0 Å². The Bertz CT molecular complexity index is 549. The van der Waals surface area contributed by atoms with E-state index in [1.165, 1.54) is 10.9 Å². The summed E-state index contributed by atoms with van der Waals surface area (Å²) in [5.41, 5.74) is 5.10. The van der Waals surface area contributed by atoms with Crippen LogP contribution < -0.4 is 11.1 Å². The molecule has 132 valence electrons. The van der Waals surface area contributed by atoms with E-state index in [1.54, 1.807) is 27.0 Å². The summed E-state index contributed by atoms with van der Waals surface area (Å²) in [5.74, 6) is -0.677. The average molecular weight is 347 g/mol. The number of hydrogen-bond donors (Lipinski definition) is 2. The van der Waals surface area contributed by atoms with Crippen molar-refractivity contribution in [2.24, 2.45) is 11.1 Å². The molecule has 1 heterocycles. The number of nitrogens with zero attached hydrogens (tertiary/aromatic N) is 2. The predicted molar refractivity (Wildman–Crippen MR) is 91.5 cm³/mol. The number of rotatable bonds is 5. The van der Waals surface area contributed by atoms with Crippen LogP contribution in [-0.2, 0) is 19.9 Å². The number of nitrogens with one attached hydrogen (secondary N) is 1. The molecule has 0 aliphatic carbocycles. The normalized spacial score (nSPS) is 13.0. The smallest absolute Gasteiger partial charge is 0.333 e. The Hall–Kier alpha value is -1.60. The fourth-order valence-electron chi connectivity index (χ4n) is 1.71. The Kier molecular flexibility index (Phi) is 7.25. The van der Waals surface area contributed by atoms with Crippen molar-refractivity contribution in [2.45, 2.75) is 53.1 Å². The second kappa shape index (κ2) is 7.79. The van der Waals surface area contributed by atoms with E-state index in [4.69, 9.17) is 10.5 Å². The average Bonchev–Trinajstić information content (AvgIpc) is 2.86. The van der Waals surface area contributed by atoms with Crippen LogP contribution in [0.25, 0.3) is 0 Å². The summed E-state index contributed by atoms with van der Waals surface area (Å²) in [7, 11) is 0. The highest BCUT2D eigenvalue weighted by Crippen LogP contribution is 2.21. The molecule has 0 fully saturated rings. The largest absolute Gasteiger partial charge is 0.464 e. The number of esters is 1. The van der Waals surface area contributed by atoms with E-state index in [0.29, 0.717) is 12.3 Å². The Morgan fingerprint density at radius 1 is 1.35 bits per heavy atom. The molecular formula is C15H27ClN4O3. The highest BCUT2D eigenvalue weighted by atomic mass is 35.5. The van der Waals surface area contributed by atoms with Crippen LogP contribution in [0.2, 0.25) is 0 Å². The summed E-state index contributed by atoms with van der Waals surface area (Å²) < 4.78 is 6.49. The molecule has 0 radical (unpaired) electrons. The van der Waals surface area contributed by atoms with Gasteiger partial charge in [-0.15, -0.1) is 12.4 Å². The van der Waals surface area contributed by atoms with Crippen LogP contribution in [-0.4, -0.2) is 34.3 Å². The number of nitrogens with two attached hydrogens (primary N) is 1. The van der Waals surface area contributed by atoms with Crippen molar-refractivity contribution < 1.29 is 14.3 Å². The first-order chi connectivity index (χ1) is 10.00. The molecule has 1 rings (SSSR count). The molecule has 0 bridgehead atoms. The van der Waals surface area contributed by atoms with Gasteiger partial charge in [0.05, 0.1) is 24.5 Å². The quantitative estimate of drug-likeness (QED) is 0.793. The lowest BCUT2D eigenvalue weighted by Gasteiger charge is -2.25. The first-order valence-corrected chi connectivity index (χ1v) is 7.29. The van der Waals surface area contributed by atoms with Gasteiger partial charge < -0.3 is 15.8 Å². The Morgan fingerprint density at radius 2 is 1.91 bits per heavy atom. The lowest BCUT2D eigenvalue weighted by atomic mass is 9.87. The van der Waals surface area contributed by atoms with E-state index in [-0.39, 0.29) is 29.7 Å². The van der Waals surface area contributed by atoms with Gasteiger partial charge in [-0.2, -0.15) is 5.10 Å². The third kappa shape index (κ3) is 5.21. The van der Waals surface area contributed by atoms with Crippen molar-refractivity contribution >= 4 is 30.0 Å². The number of carbonyl (C=O) groups excluding carboxylic acids is 2. The molecule has 1 aromatic rings. The molecule has 0 saturated heterocycles. The monoisotopic (exact) mass is 346 g/mol. The topological polar surface area (TPSA) is 99.2 Å². The second-order valence-electron chi connectivity index (χ2n) is 6.79. The van der Waals surface area contributed by atoms with Crippen LogP contribution in [0.4, 0.5) is 5.69 Å². The number of carbonyl (C=O) groups is 2. The number of anilines is 1. The fraction of sp³-hybridized carbons (Fsp3) is 0.667. The zero-order valence-corrected chi connectivity index (χ0v) is 15.4. The molecule has 0 aliphatic rings. The number of halogens is 1. The summed E-state index contributed by atoms with van der Waals surface area (Å²) in [4.78, 5) is 24.0. The minimum Gasteiger partial charge on any atom is -0.464 e. The molecule has 3 N–H and O–H groups in total. The van der Waals surface area contributed by atoms with Crippen molar-refractivity contribution in [1.29, 1.82) is 0 Å². The number of amides is 1. The van der Waals surface area contributed by atoms with Crippen molar-refractivity contribution in [2.75, 3.05) is 11.9 Å². The van der Waals surface area contributed by atoms with Gasteiger partial charge in [-0.1, -0.05) is 20.8 Å². The zero-order chi connectivity index (χ0) is 17.1. The molecule has 0 aromatic carbocycles. The minimum absolute atomic E-state index is 0. The van der Waals surface area contributed by atoms with Gasteiger partial charge in [-0.05, 0) is 26.2 Å². The van der Waals surface area contributed by atoms with E-state index in [2.05, 4.69) is 10.4 Å². The second-order valence-corrected chi connectivity index (χ2v) is 6.79. The molecule has 0 aliphatic heterocycles. The van der Waals surface area contributed by atoms with Gasteiger partial charge in [0.1, 0.15) is 0 Å². The van der Waals surface area contributed by atoms with Crippen LogP contribution in [0.1, 0.15) is 41.5 Å². The van der Waals surface area contributed by atoms with Crippen molar-refractivity contribution in [3.63, 3.8) is 0 Å². The Balaban J connectivity index is 0.00000484. The number of aromatic nitrogens is 2. The van der Waals surface area contributed by atoms with Crippen LogP contribution in [0.3, 0.4) is 0 Å². The summed E-state index contributed by atoms with van der Waals surface area (Å²) >= 11 is 0. The first-order valence-electron chi connectivity index (χ1n) is 7.29. The third-order valence-corrected chi connectivity index (χ3v) is 3.41. The lowest BCUT2D eigenvalue weighted by Crippen LogP contribution is -2.45. The highest BCUT2D eigenvalue weighted by Gasteiger charge is 2.33. The van der Waals surface area contributed by atoms with Crippen molar-refractivity contribution in [1.82, 2.24) is 9.78 Å². The molecule has 0 spiro atoms. The van der Waals surface area contributed by atoms with Crippen molar-refractivity contribution in [3.05, 3.63) is 12.4 Å². The maximum atomic E-state index is 12.1. The van der Waals surface area contributed by atoms with E-state index in [1.807, 2.05) is 20.8 Å². The minimum atomic E-state index is -0.953. The number of ether oxygens (including phenoxy) is 1. The standard InChI is InChI=1S/C15H26N4O3.ClH/c1-7-22-13(21)15(5,6)19-9-10(8-17-19)18-12(20)11(16)14(2,3)4;/h8-9,11H,7,16H2,1-6H3,(H,18,20);1H/t11-;/m1./s1. The lowest BCUT2D eigenvalue weighted by molar-refractivity contribution is -0.152. The SMILES string of the molecule is CCOC(=O)C(C)(C)n1cc(NC(=O)[C@@H](N)C(C)(C)C)cn1.Cl. The summed E-state index contributed by atoms with van der Waals surface area (Å²) in [6, 6.07) is -0.645. The van der Waals surface area contributed by atoms with Gasteiger partial charge >= 0.3 is 5.97 Å². The van der Waals surface area contributed by atoms with Crippen LogP contribution in [0.5, 0.6) is 0 Å². The van der Waals surface area contributed by atoms with Gasteiger partial charge in [-0.25, -0.2) is 4.79 Å². The Labute approximate surface area is 143 Å². The number of hydrogen-bond acceptors (Lipinski definition) is 5. The van der Waals surface area contributed by atoms with E-state index < -0.39 is 11.6 Å². The van der Waals surface area contributed by atoms with Crippen LogP contribution in [0, 0.1) is 5.41 Å². The van der Waals surface area contributed by atoms with E-state index in [9.17, 15) is 9.59 Å². The summed E-state index contributed by atoms with van der Waals surface area (Å²) in [6.07, 6.45) is 3.07. The maximum absolute atomic E-state index is 12.1. The third-order valence-electron chi connectivity index (χ3n) is 3.41. The van der Waals surface area contributed by atoms with Gasteiger partial charge in [-0.3, -0.25) is 9.48 Å². The first kappa shape index (κ1) is 21.4. The molecule has 0 saturated carbocycles. The molecule has 23 heavy (non-hydrogen) atoms.